The summed E-state index contributed by atoms with van der Waals surface area (Å²) in [5.74, 6) is -0.344. The number of anilines is 1. The molecule has 2 fully saturated rings. The summed E-state index contributed by atoms with van der Waals surface area (Å²) in [4.78, 5) is 39.1. The molecule has 0 spiro atoms. The second-order valence-corrected chi connectivity index (χ2v) is 9.67. The van der Waals surface area contributed by atoms with Crippen LogP contribution in [0.1, 0.15) is 33.0 Å². The largest absolute Gasteiger partial charge is 0.442 e. The average molecular weight is 485 g/mol. The SMILES string of the molecule is O=C(NC[C@H]1CN(c2ccc(-n3cccc3C(=O)NC3CC3)cc2)C(=O)O1)c1ccc(Cl)s1. The molecule has 0 bridgehead atoms. The summed E-state index contributed by atoms with van der Waals surface area (Å²) >= 11 is 7.06. The molecule has 0 unspecified atom stereocenters. The van der Waals surface area contributed by atoms with Crippen LogP contribution in [0, 0.1) is 0 Å². The number of halogens is 1. The molecule has 10 heteroatoms. The molecule has 1 aromatic carbocycles. The van der Waals surface area contributed by atoms with Crippen molar-refractivity contribution in [1.82, 2.24) is 15.2 Å². The van der Waals surface area contributed by atoms with Crippen molar-refractivity contribution in [1.29, 1.82) is 0 Å². The molecule has 8 nitrogen and oxygen atoms in total. The lowest BCUT2D eigenvalue weighted by atomic mass is 10.2. The van der Waals surface area contributed by atoms with E-state index in [1.165, 1.54) is 16.2 Å². The Labute approximate surface area is 199 Å². The molecule has 3 amide bonds. The highest BCUT2D eigenvalue weighted by molar-refractivity contribution is 7.18. The van der Waals surface area contributed by atoms with Gasteiger partial charge in [-0.2, -0.15) is 0 Å². The minimum Gasteiger partial charge on any atom is -0.442 e. The minimum atomic E-state index is -0.466. The van der Waals surface area contributed by atoms with Gasteiger partial charge in [-0.3, -0.25) is 14.5 Å². The summed E-state index contributed by atoms with van der Waals surface area (Å²) < 4.78 is 7.77. The fraction of sp³-hybridized carbons (Fsp3) is 0.261. The lowest BCUT2D eigenvalue weighted by Gasteiger charge is -2.15. The van der Waals surface area contributed by atoms with E-state index in [1.54, 1.807) is 18.2 Å². The van der Waals surface area contributed by atoms with Gasteiger partial charge in [-0.1, -0.05) is 11.6 Å². The number of ether oxygens (including phenoxy) is 1. The topological polar surface area (TPSA) is 92.7 Å². The summed E-state index contributed by atoms with van der Waals surface area (Å²) in [5, 5.41) is 5.78. The van der Waals surface area contributed by atoms with E-state index < -0.39 is 12.2 Å². The van der Waals surface area contributed by atoms with Crippen LogP contribution in [-0.4, -0.2) is 47.7 Å². The van der Waals surface area contributed by atoms with Crippen LogP contribution in [0.2, 0.25) is 4.34 Å². The Kier molecular flexibility index (Phi) is 5.82. The first-order chi connectivity index (χ1) is 16.0. The zero-order chi connectivity index (χ0) is 22.9. The molecule has 3 heterocycles. The summed E-state index contributed by atoms with van der Waals surface area (Å²) in [5.41, 5.74) is 2.06. The third-order valence-electron chi connectivity index (χ3n) is 5.49. The number of amides is 3. The molecule has 1 saturated heterocycles. The number of benzene rings is 1. The van der Waals surface area contributed by atoms with Gasteiger partial charge in [-0.15, -0.1) is 11.3 Å². The molecule has 3 aromatic rings. The van der Waals surface area contributed by atoms with Crippen LogP contribution in [0.5, 0.6) is 0 Å². The maximum Gasteiger partial charge on any atom is 0.414 e. The van der Waals surface area contributed by atoms with Gasteiger partial charge in [-0.25, -0.2) is 4.79 Å². The standard InChI is InChI=1S/C23H21ClN4O4S/c24-20-10-9-19(33-20)22(30)25-12-17-13-28(23(31)32-17)16-7-5-15(6-8-16)27-11-1-2-18(27)21(29)26-14-3-4-14/h1-2,5-11,14,17H,3-4,12-13H2,(H,25,30)(H,26,29)/t17-/m0/s1. The molecular weight excluding hydrogens is 464 g/mol. The molecule has 170 valence electrons. The normalized spacial score (nSPS) is 17.7. The van der Waals surface area contributed by atoms with E-state index in [-0.39, 0.29) is 24.4 Å². The number of hydrogen-bond acceptors (Lipinski definition) is 5. The fourth-order valence-corrected chi connectivity index (χ4v) is 4.60. The fourth-order valence-electron chi connectivity index (χ4n) is 3.64. The van der Waals surface area contributed by atoms with Crippen LogP contribution in [0.15, 0.2) is 54.7 Å². The van der Waals surface area contributed by atoms with E-state index in [2.05, 4.69) is 10.6 Å². The number of aromatic nitrogens is 1. The van der Waals surface area contributed by atoms with Gasteiger partial charge in [0.2, 0.25) is 0 Å². The Hall–Kier alpha value is -3.30. The van der Waals surface area contributed by atoms with E-state index in [4.69, 9.17) is 16.3 Å². The van der Waals surface area contributed by atoms with Gasteiger partial charge in [0, 0.05) is 23.6 Å². The van der Waals surface area contributed by atoms with Gasteiger partial charge in [0.05, 0.1) is 22.3 Å². The summed E-state index contributed by atoms with van der Waals surface area (Å²) in [6.45, 7) is 0.528. The average Bonchev–Trinajstić information content (AvgIpc) is 3.18. The highest BCUT2D eigenvalue weighted by Crippen LogP contribution is 2.25. The van der Waals surface area contributed by atoms with Crippen molar-refractivity contribution in [2.75, 3.05) is 18.0 Å². The number of carbonyl (C=O) groups excluding carboxylic acids is 3. The first-order valence-corrected chi connectivity index (χ1v) is 11.8. The van der Waals surface area contributed by atoms with Crippen LogP contribution in [0.3, 0.4) is 0 Å². The smallest absolute Gasteiger partial charge is 0.414 e. The Bertz CT molecular complexity index is 1200. The molecule has 2 aromatic heterocycles. The van der Waals surface area contributed by atoms with E-state index in [0.29, 0.717) is 27.1 Å². The number of carbonyl (C=O) groups is 3. The molecule has 1 saturated carbocycles. The summed E-state index contributed by atoms with van der Waals surface area (Å²) in [7, 11) is 0. The van der Waals surface area contributed by atoms with Gasteiger partial charge in [0.15, 0.2) is 0 Å². The van der Waals surface area contributed by atoms with Crippen molar-refractivity contribution < 1.29 is 19.1 Å². The third-order valence-corrected chi connectivity index (χ3v) is 6.72. The maximum atomic E-state index is 12.5. The molecule has 1 aliphatic carbocycles. The van der Waals surface area contributed by atoms with E-state index in [0.717, 1.165) is 18.5 Å². The second-order valence-electron chi connectivity index (χ2n) is 7.96. The molecule has 33 heavy (non-hydrogen) atoms. The van der Waals surface area contributed by atoms with Crippen LogP contribution in [0.25, 0.3) is 5.69 Å². The molecule has 1 atom stereocenters. The minimum absolute atomic E-state index is 0.0931. The number of cyclic esters (lactones) is 1. The monoisotopic (exact) mass is 484 g/mol. The zero-order valence-corrected chi connectivity index (χ0v) is 19.1. The molecule has 0 radical (unpaired) electrons. The Morgan fingerprint density at radius 1 is 1.06 bits per heavy atom. The predicted molar refractivity (Wildman–Crippen MR) is 126 cm³/mol. The maximum absolute atomic E-state index is 12.5. The first-order valence-electron chi connectivity index (χ1n) is 10.6. The molecule has 2 N–H and O–H groups in total. The number of nitrogens with one attached hydrogen (secondary N) is 2. The highest BCUT2D eigenvalue weighted by Gasteiger charge is 2.32. The Morgan fingerprint density at radius 2 is 1.82 bits per heavy atom. The number of rotatable bonds is 7. The molecule has 1 aliphatic heterocycles. The van der Waals surface area contributed by atoms with Crippen molar-refractivity contribution >= 4 is 46.5 Å². The van der Waals surface area contributed by atoms with Crippen molar-refractivity contribution in [3.05, 3.63) is 69.6 Å². The predicted octanol–water partition coefficient (Wildman–Crippen LogP) is 3.84. The van der Waals surface area contributed by atoms with Crippen LogP contribution in [0.4, 0.5) is 10.5 Å². The Balaban J connectivity index is 1.21. The van der Waals surface area contributed by atoms with E-state index in [1.807, 2.05) is 41.1 Å². The van der Waals surface area contributed by atoms with Crippen molar-refractivity contribution in [3.8, 4) is 5.69 Å². The molecule has 2 aliphatic rings. The zero-order valence-electron chi connectivity index (χ0n) is 17.5. The number of hydrogen-bond donors (Lipinski definition) is 2. The van der Waals surface area contributed by atoms with Crippen molar-refractivity contribution in [3.63, 3.8) is 0 Å². The van der Waals surface area contributed by atoms with E-state index >= 15 is 0 Å². The first kappa shape index (κ1) is 21.5. The third kappa shape index (κ3) is 4.74. The van der Waals surface area contributed by atoms with Crippen LogP contribution < -0.4 is 15.5 Å². The summed E-state index contributed by atoms with van der Waals surface area (Å²) in [6.07, 6.45) is 2.96. The lowest BCUT2D eigenvalue weighted by Crippen LogP contribution is -2.34. The molecule has 5 rings (SSSR count). The van der Waals surface area contributed by atoms with Crippen molar-refractivity contribution in [2.24, 2.45) is 0 Å². The van der Waals surface area contributed by atoms with Gasteiger partial charge in [-0.05, 0) is 61.4 Å². The van der Waals surface area contributed by atoms with Crippen LogP contribution in [-0.2, 0) is 4.74 Å². The van der Waals surface area contributed by atoms with Crippen LogP contribution >= 0.6 is 22.9 Å². The summed E-state index contributed by atoms with van der Waals surface area (Å²) in [6, 6.07) is 14.6. The van der Waals surface area contributed by atoms with Gasteiger partial charge >= 0.3 is 6.09 Å². The van der Waals surface area contributed by atoms with Crippen molar-refractivity contribution in [2.45, 2.75) is 25.0 Å². The number of thiophene rings is 1. The quantitative estimate of drug-likeness (QED) is 0.533. The highest BCUT2D eigenvalue weighted by atomic mass is 35.5. The lowest BCUT2D eigenvalue weighted by molar-refractivity contribution is 0.0918. The number of nitrogens with zero attached hydrogens (tertiary/aromatic N) is 2. The van der Waals surface area contributed by atoms with Gasteiger partial charge in [0.1, 0.15) is 11.8 Å². The van der Waals surface area contributed by atoms with Gasteiger partial charge < -0.3 is 19.9 Å². The Morgan fingerprint density at radius 3 is 2.52 bits per heavy atom. The van der Waals surface area contributed by atoms with E-state index in [9.17, 15) is 14.4 Å². The van der Waals surface area contributed by atoms with Gasteiger partial charge in [0.25, 0.3) is 11.8 Å². The molecular formula is C23H21ClN4O4S. The second kappa shape index (κ2) is 8.92.